The normalized spacial score (nSPS) is 11.7. The molecule has 0 aliphatic carbocycles. The van der Waals surface area contributed by atoms with Crippen molar-refractivity contribution in [2.75, 3.05) is 7.11 Å². The Labute approximate surface area is 236 Å². The maximum absolute atomic E-state index is 13.7. The van der Waals surface area contributed by atoms with Gasteiger partial charge in [-0.05, 0) is 68.8 Å². The predicted molar refractivity (Wildman–Crippen MR) is 152 cm³/mol. The molecular weight excluding hydrogens is 556 g/mol. The van der Waals surface area contributed by atoms with Crippen LogP contribution in [0.3, 0.4) is 0 Å². The van der Waals surface area contributed by atoms with E-state index in [-0.39, 0.29) is 28.0 Å². The number of para-hydroxylation sites is 1. The molecule has 0 aliphatic rings. The summed E-state index contributed by atoms with van der Waals surface area (Å²) in [5, 5.41) is 0.730. The minimum absolute atomic E-state index is 0.00547. The van der Waals surface area contributed by atoms with Crippen molar-refractivity contribution < 1.29 is 27.5 Å². The van der Waals surface area contributed by atoms with Gasteiger partial charge in [0.15, 0.2) is 5.43 Å². The molecule has 11 heteroatoms. The zero-order chi connectivity index (χ0) is 29.2. The molecule has 1 N–H and O–H groups in total. The molecule has 1 aromatic heterocycles. The lowest BCUT2D eigenvalue weighted by Crippen LogP contribution is -2.36. The lowest BCUT2D eigenvalue weighted by atomic mass is 9.99. The molecule has 4 aromatic rings. The zero-order valence-corrected chi connectivity index (χ0v) is 23.8. The molecular formula is C29H27ClN2O7S. The Bertz CT molecular complexity index is 1760. The van der Waals surface area contributed by atoms with Crippen LogP contribution in [0.1, 0.15) is 42.4 Å². The number of esters is 1. The summed E-state index contributed by atoms with van der Waals surface area (Å²) in [5.74, 6) is -0.724. The van der Waals surface area contributed by atoms with Crippen LogP contribution in [-0.2, 0) is 25.9 Å². The second kappa shape index (κ2) is 11.1. The number of sulfonamides is 1. The maximum atomic E-state index is 13.7. The largest absolute Gasteiger partial charge is 0.464 e. The number of benzene rings is 3. The van der Waals surface area contributed by atoms with Gasteiger partial charge in [-0.3, -0.25) is 4.79 Å². The van der Waals surface area contributed by atoms with Crippen LogP contribution in [0.25, 0.3) is 16.6 Å². The first-order valence-corrected chi connectivity index (χ1v) is 14.0. The summed E-state index contributed by atoms with van der Waals surface area (Å²) in [6.45, 7) is 4.84. The lowest BCUT2D eigenvalue weighted by molar-refractivity contribution is 0.0565. The highest BCUT2D eigenvalue weighted by atomic mass is 35.5. The summed E-state index contributed by atoms with van der Waals surface area (Å²) in [5.41, 5.74) is 0.519. The molecule has 4 rings (SSSR count). The fourth-order valence-electron chi connectivity index (χ4n) is 4.19. The molecule has 0 atom stereocenters. The van der Waals surface area contributed by atoms with E-state index in [0.29, 0.717) is 27.2 Å². The minimum Gasteiger partial charge on any atom is -0.464 e. The Morgan fingerprint density at radius 1 is 0.975 bits per heavy atom. The molecule has 0 saturated heterocycles. The highest BCUT2D eigenvalue weighted by Crippen LogP contribution is 2.27. The molecule has 0 bridgehead atoms. The van der Waals surface area contributed by atoms with Crippen molar-refractivity contribution in [3.63, 3.8) is 0 Å². The van der Waals surface area contributed by atoms with E-state index in [4.69, 9.17) is 21.1 Å². The smallest absolute Gasteiger partial charge is 0.421 e. The molecule has 208 valence electrons. The van der Waals surface area contributed by atoms with Gasteiger partial charge in [0.2, 0.25) is 0 Å². The molecule has 40 heavy (non-hydrogen) atoms. The van der Waals surface area contributed by atoms with E-state index >= 15 is 0 Å². The van der Waals surface area contributed by atoms with Gasteiger partial charge in [0.05, 0.1) is 17.5 Å². The van der Waals surface area contributed by atoms with Crippen molar-refractivity contribution >= 4 is 44.6 Å². The quantitative estimate of drug-likeness (QED) is 0.309. The third-order valence-corrected chi connectivity index (χ3v) is 7.42. The number of carbonyl (C=O) groups is 2. The third-order valence-electron chi connectivity index (χ3n) is 5.85. The molecule has 0 fully saturated rings. The number of pyridine rings is 1. The molecule has 1 amide bonds. The van der Waals surface area contributed by atoms with Crippen molar-refractivity contribution in [2.45, 2.75) is 37.7 Å². The summed E-state index contributed by atoms with van der Waals surface area (Å²) >= 11 is 6.27. The fraction of sp³-hybridized carbons (Fsp3) is 0.207. The first kappa shape index (κ1) is 28.8. The van der Waals surface area contributed by atoms with Gasteiger partial charge in [0.25, 0.3) is 10.0 Å². The fourth-order valence-corrected chi connectivity index (χ4v) is 5.23. The van der Waals surface area contributed by atoms with Gasteiger partial charge in [0, 0.05) is 28.1 Å². The second-order valence-electron chi connectivity index (χ2n) is 9.91. The van der Waals surface area contributed by atoms with Crippen molar-refractivity contribution in [2.24, 2.45) is 0 Å². The molecule has 3 aromatic carbocycles. The van der Waals surface area contributed by atoms with Gasteiger partial charge in [-0.15, -0.1) is 0 Å². The monoisotopic (exact) mass is 582 g/mol. The molecule has 1 heterocycles. The van der Waals surface area contributed by atoms with Crippen LogP contribution in [0.2, 0.25) is 5.02 Å². The van der Waals surface area contributed by atoms with Crippen LogP contribution in [0.4, 0.5) is 4.79 Å². The number of amides is 1. The average Bonchev–Trinajstić information content (AvgIpc) is 2.88. The molecule has 0 aliphatic heterocycles. The van der Waals surface area contributed by atoms with Gasteiger partial charge in [0.1, 0.15) is 11.3 Å². The summed E-state index contributed by atoms with van der Waals surface area (Å²) < 4.78 is 39.0. The van der Waals surface area contributed by atoms with Crippen molar-refractivity contribution in [3.8, 4) is 5.69 Å². The van der Waals surface area contributed by atoms with E-state index in [0.717, 1.165) is 0 Å². The molecule has 0 spiro atoms. The summed E-state index contributed by atoms with van der Waals surface area (Å²) in [4.78, 5) is 38.7. The zero-order valence-electron chi connectivity index (χ0n) is 22.2. The average molecular weight is 583 g/mol. The van der Waals surface area contributed by atoms with E-state index in [1.54, 1.807) is 67.8 Å². The minimum atomic E-state index is -4.21. The van der Waals surface area contributed by atoms with Crippen LogP contribution >= 0.6 is 11.6 Å². The SMILES string of the molecule is COC(=O)c1c(Cc2ccc(S(=O)(=O)NC(=O)OC(C)(C)C)cc2)c(=O)c2ccc(Cl)cc2n1-c1ccccc1. The number of rotatable bonds is 6. The highest BCUT2D eigenvalue weighted by molar-refractivity contribution is 7.90. The summed E-state index contributed by atoms with van der Waals surface area (Å²) in [6, 6.07) is 19.4. The number of halogens is 1. The Morgan fingerprint density at radius 3 is 2.23 bits per heavy atom. The number of aromatic nitrogens is 1. The lowest BCUT2D eigenvalue weighted by Gasteiger charge is -2.20. The van der Waals surface area contributed by atoms with Crippen molar-refractivity contribution in [3.05, 3.63) is 105 Å². The number of nitrogens with zero attached hydrogens (tertiary/aromatic N) is 1. The number of fused-ring (bicyclic) bond motifs is 1. The van der Waals surface area contributed by atoms with Crippen LogP contribution in [0.15, 0.2) is 82.5 Å². The first-order valence-electron chi connectivity index (χ1n) is 12.2. The summed E-state index contributed by atoms with van der Waals surface area (Å²) in [7, 11) is -2.98. The van der Waals surface area contributed by atoms with Crippen molar-refractivity contribution in [1.29, 1.82) is 0 Å². The van der Waals surface area contributed by atoms with Gasteiger partial charge in [-0.2, -0.15) is 0 Å². The molecule has 0 radical (unpaired) electrons. The number of hydrogen-bond acceptors (Lipinski definition) is 7. The maximum Gasteiger partial charge on any atom is 0.421 e. The molecule has 9 nitrogen and oxygen atoms in total. The van der Waals surface area contributed by atoms with Crippen LogP contribution in [0, 0.1) is 0 Å². The van der Waals surface area contributed by atoms with Gasteiger partial charge in [-0.25, -0.2) is 22.7 Å². The van der Waals surface area contributed by atoms with Gasteiger partial charge in [-0.1, -0.05) is 41.9 Å². The third kappa shape index (κ3) is 6.19. The van der Waals surface area contributed by atoms with E-state index in [2.05, 4.69) is 0 Å². The number of carbonyl (C=O) groups excluding carboxylic acids is 2. The number of hydrogen-bond donors (Lipinski definition) is 1. The van der Waals surface area contributed by atoms with Crippen molar-refractivity contribution in [1.82, 2.24) is 9.29 Å². The standard InChI is InChI=1S/C29H27ClN2O7S/c1-29(2,3)39-28(35)31-40(36,37)21-13-10-18(11-14-21)16-23-25(27(34)38-4)32(20-8-6-5-7-9-20)24-17-19(30)12-15-22(24)26(23)33/h5-15,17H,16H2,1-4H3,(H,31,35). The van der Waals surface area contributed by atoms with Crippen LogP contribution in [-0.4, -0.2) is 37.8 Å². The van der Waals surface area contributed by atoms with E-state index in [1.807, 2.05) is 10.8 Å². The number of methoxy groups -OCH3 is 1. The second-order valence-corrected chi connectivity index (χ2v) is 12.0. The van der Waals surface area contributed by atoms with Crippen LogP contribution in [0.5, 0.6) is 0 Å². The highest BCUT2D eigenvalue weighted by Gasteiger charge is 2.26. The number of ether oxygens (including phenoxy) is 2. The van der Waals surface area contributed by atoms with Crippen LogP contribution < -0.4 is 10.2 Å². The molecule has 0 saturated carbocycles. The molecule has 0 unspecified atom stereocenters. The number of nitrogens with one attached hydrogen (secondary N) is 1. The Balaban J connectivity index is 1.81. The first-order chi connectivity index (χ1) is 18.8. The Morgan fingerprint density at radius 2 is 1.62 bits per heavy atom. The van der Waals surface area contributed by atoms with E-state index in [1.165, 1.54) is 31.4 Å². The predicted octanol–water partition coefficient (Wildman–Crippen LogP) is 5.23. The van der Waals surface area contributed by atoms with E-state index in [9.17, 15) is 22.8 Å². The Kier molecular flexibility index (Phi) is 8.04. The van der Waals surface area contributed by atoms with E-state index < -0.39 is 27.7 Å². The van der Waals surface area contributed by atoms with Gasteiger partial charge >= 0.3 is 12.1 Å². The van der Waals surface area contributed by atoms with Gasteiger partial charge < -0.3 is 14.0 Å². The summed E-state index contributed by atoms with van der Waals surface area (Å²) in [6.07, 6.45) is -1.11. The Hall–Kier alpha value is -4.15. The topological polar surface area (TPSA) is 121 Å².